The molecule has 8 heteroatoms. The molecule has 3 aromatic carbocycles. The van der Waals surface area contributed by atoms with Gasteiger partial charge >= 0.3 is 5.69 Å². The number of aryl methyl sites for hydroxylation is 2. The van der Waals surface area contributed by atoms with Gasteiger partial charge in [0.05, 0.1) is 11.5 Å². The Balaban J connectivity index is 1.61. The molecule has 1 amide bonds. The summed E-state index contributed by atoms with van der Waals surface area (Å²) in [6.45, 7) is 5.99. The molecule has 8 nitrogen and oxygen atoms in total. The van der Waals surface area contributed by atoms with Crippen molar-refractivity contribution >= 4 is 28.4 Å². The Morgan fingerprint density at radius 1 is 1.16 bits per heavy atom. The largest absolute Gasteiger partial charge is 0.487 e. The molecule has 1 aromatic heterocycles. The molecule has 0 aliphatic rings. The van der Waals surface area contributed by atoms with E-state index in [-0.39, 0.29) is 23.6 Å². The van der Waals surface area contributed by atoms with E-state index in [2.05, 4.69) is 10.3 Å². The highest BCUT2D eigenvalue weighted by molar-refractivity contribution is 6.05. The molecule has 0 saturated heterocycles. The molecule has 0 fully saturated rings. The molecule has 0 atom stereocenters. The van der Waals surface area contributed by atoms with Gasteiger partial charge in [0, 0.05) is 22.9 Å². The Kier molecular flexibility index (Phi) is 5.59. The molecule has 4 aromatic rings. The first-order valence-electron chi connectivity index (χ1n) is 10.1. The van der Waals surface area contributed by atoms with Crippen LogP contribution in [-0.2, 0) is 0 Å². The molecule has 0 aliphatic carbocycles. The second kappa shape index (κ2) is 8.50. The number of carbonyl (C=O) groups is 1. The van der Waals surface area contributed by atoms with Gasteiger partial charge in [-0.3, -0.25) is 14.9 Å². The average Bonchev–Trinajstić information content (AvgIpc) is 3.19. The van der Waals surface area contributed by atoms with Crippen LogP contribution < -0.4 is 10.1 Å². The van der Waals surface area contributed by atoms with Crippen LogP contribution in [0, 0.1) is 24.0 Å². The van der Waals surface area contributed by atoms with Crippen molar-refractivity contribution in [1.29, 1.82) is 0 Å². The van der Waals surface area contributed by atoms with Gasteiger partial charge in [-0.1, -0.05) is 12.1 Å². The maximum atomic E-state index is 12.7. The van der Waals surface area contributed by atoms with Crippen molar-refractivity contribution in [3.63, 3.8) is 0 Å². The fourth-order valence-electron chi connectivity index (χ4n) is 3.51. The van der Waals surface area contributed by atoms with Crippen LogP contribution in [0.3, 0.4) is 0 Å². The molecule has 4 rings (SSSR count). The number of nitro groups is 1. The van der Waals surface area contributed by atoms with Gasteiger partial charge in [0.25, 0.3) is 5.91 Å². The highest BCUT2D eigenvalue weighted by Gasteiger charge is 2.19. The number of hydrogen-bond donors (Lipinski definition) is 1. The number of benzene rings is 3. The summed E-state index contributed by atoms with van der Waals surface area (Å²) in [7, 11) is 0. The van der Waals surface area contributed by atoms with Gasteiger partial charge in [-0.25, -0.2) is 4.98 Å². The summed E-state index contributed by atoms with van der Waals surface area (Å²) in [5, 5.41) is 14.1. The second-order valence-electron chi connectivity index (χ2n) is 7.36. The van der Waals surface area contributed by atoms with E-state index in [9.17, 15) is 14.9 Å². The number of anilines is 1. The van der Waals surface area contributed by atoms with Gasteiger partial charge in [-0.15, -0.1) is 0 Å². The lowest BCUT2D eigenvalue weighted by atomic mass is 10.1. The summed E-state index contributed by atoms with van der Waals surface area (Å²) in [4.78, 5) is 28.0. The summed E-state index contributed by atoms with van der Waals surface area (Å²) >= 11 is 0. The molecule has 0 spiro atoms. The van der Waals surface area contributed by atoms with Gasteiger partial charge < -0.3 is 14.5 Å². The SMILES string of the molecule is CCOc1ccc(C(=O)Nc2cccc(-c3nc4cc(C)cc(C)c4o3)c2)cc1[N+](=O)[O-]. The van der Waals surface area contributed by atoms with Gasteiger partial charge in [0.15, 0.2) is 11.3 Å². The summed E-state index contributed by atoms with van der Waals surface area (Å²) in [6, 6.07) is 15.2. The highest BCUT2D eigenvalue weighted by atomic mass is 16.6. The second-order valence-corrected chi connectivity index (χ2v) is 7.36. The lowest BCUT2D eigenvalue weighted by molar-refractivity contribution is -0.385. The molecular formula is C24H21N3O5. The zero-order chi connectivity index (χ0) is 22.8. The van der Waals surface area contributed by atoms with Crippen molar-refractivity contribution < 1.29 is 18.9 Å². The number of amides is 1. The van der Waals surface area contributed by atoms with E-state index in [1.165, 1.54) is 18.2 Å². The summed E-state index contributed by atoms with van der Waals surface area (Å²) in [5.74, 6) is 0.0939. The lowest BCUT2D eigenvalue weighted by Crippen LogP contribution is -2.12. The molecule has 0 radical (unpaired) electrons. The van der Waals surface area contributed by atoms with Crippen LogP contribution in [0.1, 0.15) is 28.4 Å². The number of carbonyl (C=O) groups excluding carboxylic acids is 1. The third-order valence-electron chi connectivity index (χ3n) is 4.91. The minimum Gasteiger partial charge on any atom is -0.487 e. The van der Waals surface area contributed by atoms with Crippen molar-refractivity contribution in [2.75, 3.05) is 11.9 Å². The maximum absolute atomic E-state index is 12.7. The van der Waals surface area contributed by atoms with E-state index in [0.717, 1.165) is 22.2 Å². The number of fused-ring (bicyclic) bond motifs is 1. The van der Waals surface area contributed by atoms with Gasteiger partial charge in [0.2, 0.25) is 5.89 Å². The van der Waals surface area contributed by atoms with Crippen LogP contribution in [0.5, 0.6) is 5.75 Å². The van der Waals surface area contributed by atoms with Crippen LogP contribution in [0.2, 0.25) is 0 Å². The number of nitro benzene ring substituents is 1. The van der Waals surface area contributed by atoms with Gasteiger partial charge in [-0.05, 0) is 68.3 Å². The molecule has 0 aliphatic heterocycles. The molecule has 1 N–H and O–H groups in total. The number of hydrogen-bond acceptors (Lipinski definition) is 6. The fraction of sp³-hybridized carbons (Fsp3) is 0.167. The van der Waals surface area contributed by atoms with Gasteiger partial charge in [0.1, 0.15) is 5.52 Å². The van der Waals surface area contributed by atoms with Crippen molar-refractivity contribution in [2.45, 2.75) is 20.8 Å². The summed E-state index contributed by atoms with van der Waals surface area (Å²) in [5.41, 5.74) is 4.70. The monoisotopic (exact) mass is 431 g/mol. The normalized spacial score (nSPS) is 10.8. The Morgan fingerprint density at radius 2 is 1.97 bits per heavy atom. The van der Waals surface area contributed by atoms with Crippen molar-refractivity contribution in [3.05, 3.63) is 81.4 Å². The first kappa shape index (κ1) is 21.0. The van der Waals surface area contributed by atoms with E-state index in [0.29, 0.717) is 17.1 Å². The van der Waals surface area contributed by atoms with E-state index >= 15 is 0 Å². The topological polar surface area (TPSA) is 108 Å². The van der Waals surface area contributed by atoms with Gasteiger partial charge in [-0.2, -0.15) is 0 Å². The third-order valence-corrected chi connectivity index (χ3v) is 4.91. The molecule has 0 bridgehead atoms. The van der Waals surface area contributed by atoms with E-state index in [1.54, 1.807) is 25.1 Å². The first-order valence-corrected chi connectivity index (χ1v) is 10.1. The summed E-state index contributed by atoms with van der Waals surface area (Å²) < 4.78 is 11.2. The average molecular weight is 431 g/mol. The number of aromatic nitrogens is 1. The van der Waals surface area contributed by atoms with E-state index < -0.39 is 10.8 Å². The van der Waals surface area contributed by atoms with Crippen molar-refractivity contribution in [2.24, 2.45) is 0 Å². The Hall–Kier alpha value is -4.20. The Morgan fingerprint density at radius 3 is 2.72 bits per heavy atom. The smallest absolute Gasteiger partial charge is 0.311 e. The molecule has 162 valence electrons. The molecular weight excluding hydrogens is 410 g/mol. The van der Waals surface area contributed by atoms with Crippen LogP contribution >= 0.6 is 0 Å². The minimum absolute atomic E-state index is 0.123. The number of rotatable bonds is 6. The van der Waals surface area contributed by atoms with Crippen LogP contribution in [0.25, 0.3) is 22.6 Å². The predicted octanol–water partition coefficient (Wildman–Crippen LogP) is 5.67. The number of nitrogens with zero attached hydrogens (tertiary/aromatic N) is 2. The van der Waals surface area contributed by atoms with E-state index in [1.807, 2.05) is 32.0 Å². The number of ether oxygens (including phenoxy) is 1. The zero-order valence-corrected chi connectivity index (χ0v) is 17.8. The molecule has 32 heavy (non-hydrogen) atoms. The molecule has 1 heterocycles. The Bertz CT molecular complexity index is 1340. The Labute approximate surface area is 184 Å². The van der Waals surface area contributed by atoms with Crippen LogP contribution in [0.15, 0.2) is 59.0 Å². The van der Waals surface area contributed by atoms with E-state index in [4.69, 9.17) is 9.15 Å². The zero-order valence-electron chi connectivity index (χ0n) is 17.8. The fourth-order valence-corrected chi connectivity index (χ4v) is 3.51. The summed E-state index contributed by atoms with van der Waals surface area (Å²) in [6.07, 6.45) is 0. The highest BCUT2D eigenvalue weighted by Crippen LogP contribution is 2.30. The first-order chi connectivity index (χ1) is 15.4. The van der Waals surface area contributed by atoms with Crippen LogP contribution in [0.4, 0.5) is 11.4 Å². The van der Waals surface area contributed by atoms with Crippen LogP contribution in [-0.4, -0.2) is 22.4 Å². The quantitative estimate of drug-likeness (QED) is 0.311. The number of oxazole rings is 1. The standard InChI is InChI=1S/C24H21N3O5/c1-4-31-21-9-8-16(13-20(21)27(29)30)23(28)25-18-7-5-6-17(12-18)24-26-19-11-14(2)10-15(3)22(19)32-24/h5-13H,4H2,1-3H3,(H,25,28). The maximum Gasteiger partial charge on any atom is 0.311 e. The number of nitrogens with one attached hydrogen (secondary N) is 1. The third kappa shape index (κ3) is 4.15. The minimum atomic E-state index is -0.570. The van der Waals surface area contributed by atoms with Crippen molar-refractivity contribution in [1.82, 2.24) is 4.98 Å². The molecule has 0 saturated carbocycles. The lowest BCUT2D eigenvalue weighted by Gasteiger charge is -2.08. The van der Waals surface area contributed by atoms with Crippen molar-refractivity contribution in [3.8, 4) is 17.2 Å². The molecule has 0 unspecified atom stereocenters. The predicted molar refractivity (Wildman–Crippen MR) is 121 cm³/mol.